The van der Waals surface area contributed by atoms with Gasteiger partial charge in [-0.15, -0.1) is 0 Å². The van der Waals surface area contributed by atoms with E-state index in [2.05, 4.69) is 43.1 Å². The van der Waals surface area contributed by atoms with Gasteiger partial charge < -0.3 is 9.80 Å². The first-order valence-corrected chi connectivity index (χ1v) is 9.44. The highest BCUT2D eigenvalue weighted by atomic mass is 16.1. The molecule has 0 spiro atoms. The summed E-state index contributed by atoms with van der Waals surface area (Å²) in [6, 6.07) is 9.80. The van der Waals surface area contributed by atoms with E-state index in [0.29, 0.717) is 0 Å². The summed E-state index contributed by atoms with van der Waals surface area (Å²) in [5.41, 5.74) is 3.01. The van der Waals surface area contributed by atoms with Crippen LogP contribution in [0.5, 0.6) is 0 Å². The molecule has 1 aliphatic rings. The van der Waals surface area contributed by atoms with Crippen molar-refractivity contribution in [1.29, 1.82) is 0 Å². The molecule has 0 N–H and O–H groups in total. The lowest BCUT2D eigenvalue weighted by atomic mass is 10.1. The lowest BCUT2D eigenvalue weighted by Gasteiger charge is -2.36. The van der Waals surface area contributed by atoms with E-state index in [1.807, 2.05) is 25.1 Å². The van der Waals surface area contributed by atoms with Crippen LogP contribution >= 0.6 is 0 Å². The minimum atomic E-state index is -0.0778. The minimum absolute atomic E-state index is 0.0778. The maximum Gasteiger partial charge on any atom is 0.266 e. The fraction of sp³-hybridized carbons (Fsp3) is 0.400. The Bertz CT molecular complexity index is 1040. The number of aromatic nitrogens is 4. The quantitative estimate of drug-likeness (QED) is 0.673. The van der Waals surface area contributed by atoms with Crippen LogP contribution in [0.1, 0.15) is 5.69 Å². The lowest BCUT2D eigenvalue weighted by Crippen LogP contribution is -2.46. The van der Waals surface area contributed by atoms with E-state index in [1.54, 1.807) is 19.4 Å². The molecule has 0 bridgehead atoms. The number of hydrogen-bond donors (Lipinski definition) is 0. The monoisotopic (exact) mass is 379 g/mol. The van der Waals surface area contributed by atoms with Gasteiger partial charge in [-0.2, -0.15) is 5.10 Å². The second-order valence-electron chi connectivity index (χ2n) is 7.34. The molecule has 1 saturated heterocycles. The number of fused-ring (bicyclic) bond motifs is 1. The minimum Gasteiger partial charge on any atom is -0.369 e. The molecule has 8 nitrogen and oxygen atoms in total. The lowest BCUT2D eigenvalue weighted by molar-refractivity contribution is 0.245. The molecule has 0 radical (unpaired) electrons. The number of nitrogens with zero attached hydrogens (tertiary/aromatic N) is 7. The molecule has 1 aliphatic heterocycles. The molecule has 0 unspecified atom stereocenters. The van der Waals surface area contributed by atoms with Crippen molar-refractivity contribution in [2.75, 3.05) is 50.1 Å². The van der Waals surface area contributed by atoms with Gasteiger partial charge in [0, 0.05) is 71.0 Å². The maximum atomic E-state index is 11.5. The Morgan fingerprint density at radius 2 is 1.82 bits per heavy atom. The van der Waals surface area contributed by atoms with Crippen LogP contribution in [-0.2, 0) is 13.6 Å². The first-order chi connectivity index (χ1) is 13.5. The molecular formula is C20H25N7O. The van der Waals surface area contributed by atoms with Crippen LogP contribution < -0.4 is 15.4 Å². The van der Waals surface area contributed by atoms with Gasteiger partial charge in [0.05, 0.1) is 11.2 Å². The molecule has 3 heterocycles. The van der Waals surface area contributed by atoms with E-state index in [9.17, 15) is 4.79 Å². The molecule has 4 rings (SSSR count). The smallest absolute Gasteiger partial charge is 0.266 e. The first kappa shape index (κ1) is 18.4. The van der Waals surface area contributed by atoms with Gasteiger partial charge in [-0.05, 0) is 24.3 Å². The highest BCUT2D eigenvalue weighted by Crippen LogP contribution is 2.27. The van der Waals surface area contributed by atoms with Gasteiger partial charge in [0.25, 0.3) is 5.56 Å². The van der Waals surface area contributed by atoms with Crippen LogP contribution in [0.3, 0.4) is 0 Å². The summed E-state index contributed by atoms with van der Waals surface area (Å²) in [6.07, 6.45) is 1.61. The van der Waals surface area contributed by atoms with Gasteiger partial charge >= 0.3 is 0 Å². The van der Waals surface area contributed by atoms with Gasteiger partial charge in [0.2, 0.25) is 0 Å². The average Bonchev–Trinajstić information content (AvgIpc) is 2.70. The van der Waals surface area contributed by atoms with Crippen LogP contribution in [0.15, 0.2) is 41.5 Å². The Balaban J connectivity index is 1.46. The summed E-state index contributed by atoms with van der Waals surface area (Å²) < 4.78 is 1.39. The Hall–Kier alpha value is -3.00. The molecule has 0 amide bonds. The summed E-state index contributed by atoms with van der Waals surface area (Å²) in [5.74, 6) is 0.936. The second-order valence-corrected chi connectivity index (χ2v) is 7.34. The van der Waals surface area contributed by atoms with E-state index in [0.717, 1.165) is 55.1 Å². The number of anilines is 2. The number of hydrogen-bond acceptors (Lipinski definition) is 7. The Kier molecular flexibility index (Phi) is 4.95. The van der Waals surface area contributed by atoms with Crippen molar-refractivity contribution in [3.8, 4) is 0 Å². The molecular weight excluding hydrogens is 354 g/mol. The van der Waals surface area contributed by atoms with Gasteiger partial charge in [0.1, 0.15) is 12.1 Å². The summed E-state index contributed by atoms with van der Waals surface area (Å²) >= 11 is 0. The van der Waals surface area contributed by atoms with Gasteiger partial charge in [0.15, 0.2) is 0 Å². The number of benzene rings is 1. The molecule has 0 atom stereocenters. The first-order valence-electron chi connectivity index (χ1n) is 9.44. The third kappa shape index (κ3) is 3.68. The third-order valence-corrected chi connectivity index (χ3v) is 5.16. The van der Waals surface area contributed by atoms with E-state index in [-0.39, 0.29) is 5.56 Å². The van der Waals surface area contributed by atoms with Gasteiger partial charge in [-0.1, -0.05) is 0 Å². The van der Waals surface area contributed by atoms with Crippen molar-refractivity contribution in [1.82, 2.24) is 24.6 Å². The van der Waals surface area contributed by atoms with Crippen LogP contribution in [0, 0.1) is 0 Å². The predicted molar refractivity (Wildman–Crippen MR) is 111 cm³/mol. The number of piperazine rings is 1. The highest BCUT2D eigenvalue weighted by molar-refractivity contribution is 5.91. The molecule has 0 aliphatic carbocycles. The van der Waals surface area contributed by atoms with Crippen molar-refractivity contribution >= 4 is 22.4 Å². The molecule has 8 heteroatoms. The summed E-state index contributed by atoms with van der Waals surface area (Å²) in [7, 11) is 5.69. The second kappa shape index (κ2) is 7.55. The van der Waals surface area contributed by atoms with Crippen LogP contribution in [0.25, 0.3) is 10.9 Å². The van der Waals surface area contributed by atoms with E-state index in [4.69, 9.17) is 0 Å². The van der Waals surface area contributed by atoms with Crippen molar-refractivity contribution in [3.63, 3.8) is 0 Å². The van der Waals surface area contributed by atoms with E-state index >= 15 is 0 Å². The zero-order valence-corrected chi connectivity index (χ0v) is 16.5. The van der Waals surface area contributed by atoms with Crippen molar-refractivity contribution in [3.05, 3.63) is 52.7 Å². The molecule has 28 heavy (non-hydrogen) atoms. The Labute approximate surface area is 164 Å². The fourth-order valence-corrected chi connectivity index (χ4v) is 3.61. The zero-order valence-electron chi connectivity index (χ0n) is 16.5. The van der Waals surface area contributed by atoms with Gasteiger partial charge in [-0.3, -0.25) is 9.69 Å². The van der Waals surface area contributed by atoms with Crippen LogP contribution in [0.2, 0.25) is 0 Å². The average molecular weight is 379 g/mol. The topological polar surface area (TPSA) is 70.4 Å². The van der Waals surface area contributed by atoms with Crippen molar-refractivity contribution in [2.24, 2.45) is 7.05 Å². The zero-order chi connectivity index (χ0) is 19.7. The van der Waals surface area contributed by atoms with Crippen LogP contribution in [0.4, 0.5) is 11.5 Å². The Morgan fingerprint density at radius 3 is 2.54 bits per heavy atom. The van der Waals surface area contributed by atoms with E-state index < -0.39 is 0 Å². The van der Waals surface area contributed by atoms with E-state index in [1.165, 1.54) is 10.4 Å². The maximum absolute atomic E-state index is 11.5. The van der Waals surface area contributed by atoms with Gasteiger partial charge in [-0.25, -0.2) is 14.6 Å². The molecule has 2 aromatic heterocycles. The van der Waals surface area contributed by atoms with Crippen LogP contribution in [-0.4, -0.2) is 64.9 Å². The highest BCUT2D eigenvalue weighted by Gasteiger charge is 2.19. The summed E-state index contributed by atoms with van der Waals surface area (Å²) in [5, 5.41) is 5.41. The normalized spacial score (nSPS) is 15.2. The van der Waals surface area contributed by atoms with Crippen molar-refractivity contribution < 1.29 is 0 Å². The Morgan fingerprint density at radius 1 is 1.04 bits per heavy atom. The number of aryl methyl sites for hydroxylation is 1. The SMILES string of the molecule is CN(C)c1ncnc2ccc(N3CCN(Cc4ccc(=O)n(C)n4)CC3)cc12. The summed E-state index contributed by atoms with van der Waals surface area (Å²) in [6.45, 7) is 4.56. The molecule has 1 aromatic carbocycles. The molecule has 146 valence electrons. The molecule has 0 saturated carbocycles. The largest absolute Gasteiger partial charge is 0.369 e. The van der Waals surface area contributed by atoms with Crippen molar-refractivity contribution in [2.45, 2.75) is 6.54 Å². The molecule has 1 fully saturated rings. The molecule has 3 aromatic rings. The summed E-state index contributed by atoms with van der Waals surface area (Å²) in [4.78, 5) is 27.1. The standard InChI is InChI=1S/C20H25N7O/c1-24(2)20-17-12-16(5-6-18(17)21-14-22-20)27-10-8-26(9-11-27)13-15-4-7-19(28)25(3)23-15/h4-7,12,14H,8-11,13H2,1-3H3. The fourth-order valence-electron chi connectivity index (χ4n) is 3.61. The number of rotatable bonds is 4. The third-order valence-electron chi connectivity index (χ3n) is 5.16. The predicted octanol–water partition coefficient (Wildman–Crippen LogP) is 1.11.